The fourth-order valence-electron chi connectivity index (χ4n) is 1.88. The first-order valence-corrected chi connectivity index (χ1v) is 9.91. The summed E-state index contributed by atoms with van der Waals surface area (Å²) in [6, 6.07) is 4.19. The molecule has 1 amide bonds. The van der Waals surface area contributed by atoms with Crippen LogP contribution < -0.4 is 5.32 Å². The van der Waals surface area contributed by atoms with Crippen molar-refractivity contribution in [3.05, 3.63) is 22.4 Å². The minimum Gasteiger partial charge on any atom is -0.360 e. The average Bonchev–Trinajstić information content (AvgIpc) is 3.18. The maximum absolute atomic E-state index is 11.9. The van der Waals surface area contributed by atoms with E-state index in [4.69, 9.17) is 0 Å². The van der Waals surface area contributed by atoms with Crippen LogP contribution in [0.5, 0.6) is 0 Å². The summed E-state index contributed by atoms with van der Waals surface area (Å²) in [4.78, 5) is 15.1. The van der Waals surface area contributed by atoms with Crippen molar-refractivity contribution in [1.82, 2.24) is 15.1 Å². The van der Waals surface area contributed by atoms with Gasteiger partial charge in [-0.1, -0.05) is 29.2 Å². The second-order valence-corrected chi connectivity index (χ2v) is 7.72. The number of anilines is 1. The predicted molar refractivity (Wildman–Crippen MR) is 95.1 cm³/mol. The third-order valence-corrected chi connectivity index (χ3v) is 6.00. The van der Waals surface area contributed by atoms with E-state index in [2.05, 4.69) is 33.0 Å². The van der Waals surface area contributed by atoms with Gasteiger partial charge in [0.05, 0.1) is 5.75 Å². The molecule has 2 aromatic heterocycles. The zero-order chi connectivity index (χ0) is 15.8. The molecular weight excluding hydrogens is 336 g/mol. The Morgan fingerprint density at radius 1 is 1.36 bits per heavy atom. The molecular formula is C14H20N4OS3. The average molecular weight is 357 g/mol. The minimum atomic E-state index is 0.150. The summed E-state index contributed by atoms with van der Waals surface area (Å²) in [5.74, 6) is 0.573. The number of aromatic nitrogens is 2. The van der Waals surface area contributed by atoms with E-state index >= 15 is 0 Å². The van der Waals surface area contributed by atoms with Gasteiger partial charge < -0.3 is 10.2 Å². The molecule has 2 rings (SSSR count). The molecule has 0 radical (unpaired) electrons. The summed E-state index contributed by atoms with van der Waals surface area (Å²) < 4.78 is 0.833. The van der Waals surface area contributed by atoms with Crippen molar-refractivity contribution in [1.29, 1.82) is 0 Å². The molecule has 2 heterocycles. The van der Waals surface area contributed by atoms with Gasteiger partial charge in [-0.15, -0.1) is 21.5 Å². The first-order valence-electron chi connectivity index (χ1n) is 7.23. The Hall–Kier alpha value is -1.12. The third kappa shape index (κ3) is 5.26. The quantitative estimate of drug-likeness (QED) is 0.699. The van der Waals surface area contributed by atoms with Gasteiger partial charge in [0.25, 0.3) is 0 Å². The number of nitrogens with one attached hydrogen (secondary N) is 1. The number of hydrogen-bond donors (Lipinski definition) is 1. The van der Waals surface area contributed by atoms with E-state index in [1.165, 1.54) is 28.0 Å². The summed E-state index contributed by atoms with van der Waals surface area (Å²) in [5.41, 5.74) is 0. The highest BCUT2D eigenvalue weighted by atomic mass is 32.2. The third-order valence-electron chi connectivity index (χ3n) is 3.07. The van der Waals surface area contributed by atoms with Crippen molar-refractivity contribution in [3.8, 4) is 0 Å². The molecule has 0 aliphatic heterocycles. The highest BCUT2D eigenvalue weighted by molar-refractivity contribution is 8.01. The Labute approximate surface area is 143 Å². The standard InChI is InChI=1S/C14H20N4OS3/c1-3-18(4-2)12(19)10-21-14-17-16-13(22-14)15-8-7-11-6-5-9-20-11/h5-6,9H,3-4,7-8,10H2,1-2H3,(H,15,16). The summed E-state index contributed by atoms with van der Waals surface area (Å²) in [6.45, 7) is 6.33. The van der Waals surface area contributed by atoms with E-state index in [-0.39, 0.29) is 5.91 Å². The number of hydrogen-bond acceptors (Lipinski definition) is 7. The van der Waals surface area contributed by atoms with Crippen LogP contribution in [0.3, 0.4) is 0 Å². The lowest BCUT2D eigenvalue weighted by atomic mass is 10.3. The topological polar surface area (TPSA) is 58.1 Å². The van der Waals surface area contributed by atoms with Gasteiger partial charge in [-0.2, -0.15) is 0 Å². The van der Waals surface area contributed by atoms with Crippen LogP contribution in [0, 0.1) is 0 Å². The first kappa shape index (κ1) is 17.2. The Kier molecular flexibility index (Phi) is 7.14. The molecule has 0 saturated carbocycles. The highest BCUT2D eigenvalue weighted by Crippen LogP contribution is 2.25. The zero-order valence-electron chi connectivity index (χ0n) is 12.7. The zero-order valence-corrected chi connectivity index (χ0v) is 15.2. The van der Waals surface area contributed by atoms with Gasteiger partial charge in [0.2, 0.25) is 11.0 Å². The molecule has 0 aliphatic carbocycles. The molecule has 0 fully saturated rings. The van der Waals surface area contributed by atoms with Crippen LogP contribution in [0.25, 0.3) is 0 Å². The van der Waals surface area contributed by atoms with Crippen molar-refractivity contribution < 1.29 is 4.79 Å². The van der Waals surface area contributed by atoms with E-state index in [1.807, 2.05) is 18.7 Å². The summed E-state index contributed by atoms with van der Waals surface area (Å²) in [7, 11) is 0. The van der Waals surface area contributed by atoms with Crippen LogP contribution >= 0.6 is 34.4 Å². The van der Waals surface area contributed by atoms with E-state index in [0.29, 0.717) is 5.75 Å². The molecule has 22 heavy (non-hydrogen) atoms. The van der Waals surface area contributed by atoms with Crippen molar-refractivity contribution in [2.24, 2.45) is 0 Å². The van der Waals surface area contributed by atoms with Gasteiger partial charge in [0, 0.05) is 24.5 Å². The second kappa shape index (κ2) is 9.12. The van der Waals surface area contributed by atoms with Gasteiger partial charge in [-0.3, -0.25) is 4.79 Å². The molecule has 8 heteroatoms. The largest absolute Gasteiger partial charge is 0.360 e. The second-order valence-electron chi connectivity index (χ2n) is 4.48. The number of carbonyl (C=O) groups excluding carboxylic acids is 1. The van der Waals surface area contributed by atoms with Crippen molar-refractivity contribution in [3.63, 3.8) is 0 Å². The smallest absolute Gasteiger partial charge is 0.233 e. The summed E-state index contributed by atoms with van der Waals surface area (Å²) in [6.07, 6.45) is 0.986. The number of thioether (sulfide) groups is 1. The van der Waals surface area contributed by atoms with Crippen LogP contribution in [0.15, 0.2) is 21.9 Å². The van der Waals surface area contributed by atoms with Gasteiger partial charge in [-0.25, -0.2) is 0 Å². The molecule has 2 aromatic rings. The van der Waals surface area contributed by atoms with E-state index in [1.54, 1.807) is 11.3 Å². The van der Waals surface area contributed by atoms with Gasteiger partial charge >= 0.3 is 0 Å². The molecule has 0 saturated heterocycles. The lowest BCUT2D eigenvalue weighted by Gasteiger charge is -2.17. The SMILES string of the molecule is CCN(CC)C(=O)CSc1nnc(NCCc2cccs2)s1. The number of carbonyl (C=O) groups is 1. The molecule has 0 bridgehead atoms. The van der Waals surface area contributed by atoms with E-state index in [0.717, 1.165) is 35.5 Å². The molecule has 0 atom stereocenters. The van der Waals surface area contributed by atoms with Crippen LogP contribution in [0.1, 0.15) is 18.7 Å². The van der Waals surface area contributed by atoms with Crippen molar-refractivity contribution in [2.45, 2.75) is 24.6 Å². The van der Waals surface area contributed by atoms with Crippen LogP contribution in [0.4, 0.5) is 5.13 Å². The maximum atomic E-state index is 11.9. The Morgan fingerprint density at radius 3 is 2.86 bits per heavy atom. The maximum Gasteiger partial charge on any atom is 0.233 e. The van der Waals surface area contributed by atoms with Gasteiger partial charge in [0.15, 0.2) is 4.34 Å². The Morgan fingerprint density at radius 2 is 2.18 bits per heavy atom. The Bertz CT molecular complexity index is 566. The number of nitrogens with zero attached hydrogens (tertiary/aromatic N) is 3. The molecule has 0 unspecified atom stereocenters. The van der Waals surface area contributed by atoms with E-state index < -0.39 is 0 Å². The molecule has 120 valence electrons. The molecule has 1 N–H and O–H groups in total. The lowest BCUT2D eigenvalue weighted by molar-refractivity contribution is -0.127. The monoisotopic (exact) mass is 356 g/mol. The fraction of sp³-hybridized carbons (Fsp3) is 0.500. The Balaban J connectivity index is 1.73. The minimum absolute atomic E-state index is 0.150. The van der Waals surface area contributed by atoms with Crippen LogP contribution in [0.2, 0.25) is 0 Å². The van der Waals surface area contributed by atoms with Crippen molar-refractivity contribution >= 4 is 45.5 Å². The van der Waals surface area contributed by atoms with Gasteiger partial charge in [0.1, 0.15) is 0 Å². The number of thiophene rings is 1. The molecule has 5 nitrogen and oxygen atoms in total. The molecule has 0 spiro atoms. The van der Waals surface area contributed by atoms with Crippen LogP contribution in [-0.4, -0.2) is 46.4 Å². The summed E-state index contributed by atoms with van der Waals surface area (Å²) in [5, 5.41) is 14.4. The predicted octanol–water partition coefficient (Wildman–Crippen LogP) is 3.21. The lowest BCUT2D eigenvalue weighted by Crippen LogP contribution is -2.31. The number of rotatable bonds is 9. The van der Waals surface area contributed by atoms with Gasteiger partial charge in [-0.05, 0) is 31.7 Å². The fourth-order valence-corrected chi connectivity index (χ4v) is 4.27. The first-order chi connectivity index (χ1) is 10.7. The molecule has 0 aliphatic rings. The van der Waals surface area contributed by atoms with Crippen LogP contribution in [-0.2, 0) is 11.2 Å². The molecule has 0 aromatic carbocycles. The highest BCUT2D eigenvalue weighted by Gasteiger charge is 2.12. The van der Waals surface area contributed by atoms with Crippen molar-refractivity contribution in [2.75, 3.05) is 30.7 Å². The van der Waals surface area contributed by atoms with E-state index in [9.17, 15) is 4.79 Å². The number of amides is 1. The summed E-state index contributed by atoms with van der Waals surface area (Å²) >= 11 is 4.72. The normalized spacial score (nSPS) is 10.6.